The zero-order valence-corrected chi connectivity index (χ0v) is 22.8. The summed E-state index contributed by atoms with van der Waals surface area (Å²) in [6.45, 7) is 6.87. The van der Waals surface area contributed by atoms with Gasteiger partial charge in [-0.15, -0.1) is 0 Å². The molecule has 2 aromatic carbocycles. The van der Waals surface area contributed by atoms with Crippen molar-refractivity contribution >= 4 is 42.6 Å². The van der Waals surface area contributed by atoms with Gasteiger partial charge in [0, 0.05) is 30.5 Å². The van der Waals surface area contributed by atoms with Gasteiger partial charge in [-0.05, 0) is 86.7 Å². The molecule has 0 aliphatic carbocycles. The van der Waals surface area contributed by atoms with E-state index in [9.17, 15) is 13.2 Å². The molecule has 0 radical (unpaired) electrons. The maximum atomic E-state index is 13.8. The van der Waals surface area contributed by atoms with Gasteiger partial charge in [-0.1, -0.05) is 29.9 Å². The quantitative estimate of drug-likeness (QED) is 0.316. The van der Waals surface area contributed by atoms with Gasteiger partial charge in [0.2, 0.25) is 10.0 Å². The number of hydrogen-bond donors (Lipinski definition) is 0. The summed E-state index contributed by atoms with van der Waals surface area (Å²) in [6, 6.07) is 14.1. The van der Waals surface area contributed by atoms with Crippen molar-refractivity contribution < 1.29 is 13.2 Å². The van der Waals surface area contributed by atoms with E-state index in [2.05, 4.69) is 11.1 Å². The normalized spacial score (nSPS) is 16.7. The molecule has 0 saturated carbocycles. The summed E-state index contributed by atoms with van der Waals surface area (Å²) in [5.74, 6) is -0.243. The number of amides is 1. The van der Waals surface area contributed by atoms with Crippen LogP contribution in [0.25, 0.3) is 10.2 Å². The fourth-order valence-corrected chi connectivity index (χ4v) is 7.44. The van der Waals surface area contributed by atoms with Gasteiger partial charge in [-0.2, -0.15) is 4.31 Å². The van der Waals surface area contributed by atoms with E-state index < -0.39 is 10.0 Å². The molecule has 1 unspecified atom stereocenters. The first-order valence-electron chi connectivity index (χ1n) is 12.4. The van der Waals surface area contributed by atoms with E-state index in [1.807, 2.05) is 39.0 Å². The monoisotopic (exact) mass is 534 g/mol. The van der Waals surface area contributed by atoms with Crippen molar-refractivity contribution in [2.24, 2.45) is 0 Å². The van der Waals surface area contributed by atoms with Crippen LogP contribution >= 0.6 is 11.3 Å². The van der Waals surface area contributed by atoms with Crippen molar-refractivity contribution in [3.05, 3.63) is 83.2 Å². The molecule has 1 atom stereocenters. The second-order valence-electron chi connectivity index (χ2n) is 9.59. The number of thiazole rings is 1. The molecule has 5 rings (SSSR count). The van der Waals surface area contributed by atoms with Crippen molar-refractivity contribution in [1.29, 1.82) is 0 Å². The highest BCUT2D eigenvalue weighted by Gasteiger charge is 2.31. The number of hydrogen-bond acceptors (Lipinski definition) is 6. The Morgan fingerprint density at radius 3 is 2.59 bits per heavy atom. The average Bonchev–Trinajstić information content (AvgIpc) is 3.35. The van der Waals surface area contributed by atoms with Crippen LogP contribution in [-0.2, 0) is 16.6 Å². The molecule has 192 valence electrons. The Morgan fingerprint density at radius 1 is 1.11 bits per heavy atom. The minimum absolute atomic E-state index is 0.0267. The second kappa shape index (κ2) is 10.3. The van der Waals surface area contributed by atoms with Crippen LogP contribution in [0, 0.1) is 13.8 Å². The fourth-order valence-electron chi connectivity index (χ4n) is 4.72. The van der Waals surface area contributed by atoms with Gasteiger partial charge in [0.15, 0.2) is 5.13 Å². The Balaban J connectivity index is 1.49. The third kappa shape index (κ3) is 5.03. The van der Waals surface area contributed by atoms with Crippen LogP contribution in [0.4, 0.5) is 5.13 Å². The highest BCUT2D eigenvalue weighted by Crippen LogP contribution is 2.34. The number of benzene rings is 2. The summed E-state index contributed by atoms with van der Waals surface area (Å²) >= 11 is 1.47. The van der Waals surface area contributed by atoms with Crippen LogP contribution in [0.3, 0.4) is 0 Å². The van der Waals surface area contributed by atoms with E-state index >= 15 is 0 Å². The molecule has 0 spiro atoms. The summed E-state index contributed by atoms with van der Waals surface area (Å²) in [7, 11) is -3.61. The molecule has 2 aromatic heterocycles. The van der Waals surface area contributed by atoms with E-state index in [1.54, 1.807) is 33.7 Å². The van der Waals surface area contributed by atoms with Crippen LogP contribution in [0.15, 0.2) is 65.8 Å². The minimum Gasteiger partial charge on any atom is -0.279 e. The molecule has 0 bridgehead atoms. The molecule has 37 heavy (non-hydrogen) atoms. The van der Waals surface area contributed by atoms with Gasteiger partial charge in [-0.25, -0.2) is 13.4 Å². The summed E-state index contributed by atoms with van der Waals surface area (Å²) in [4.78, 5) is 24.7. The Labute approximate surface area is 221 Å². The van der Waals surface area contributed by atoms with Gasteiger partial charge in [0.05, 0.1) is 21.7 Å². The highest BCUT2D eigenvalue weighted by molar-refractivity contribution is 7.89. The lowest BCUT2D eigenvalue weighted by atomic mass is 10.1. The third-order valence-electron chi connectivity index (χ3n) is 7.06. The first-order valence-corrected chi connectivity index (χ1v) is 14.7. The molecule has 7 nitrogen and oxygen atoms in total. The van der Waals surface area contributed by atoms with Crippen LogP contribution in [-0.4, -0.2) is 41.2 Å². The van der Waals surface area contributed by atoms with Crippen LogP contribution in [0.5, 0.6) is 0 Å². The van der Waals surface area contributed by atoms with Crippen molar-refractivity contribution in [3.8, 4) is 0 Å². The topological polar surface area (TPSA) is 83.5 Å². The van der Waals surface area contributed by atoms with Gasteiger partial charge >= 0.3 is 0 Å². The first-order chi connectivity index (χ1) is 17.8. The standard InChI is InChI=1S/C28H30N4O3S2/c1-19-9-14-25-26(21(19)3)30-28(36-25)31(18-22-8-6-15-29-17-22)27(33)23-10-12-24(13-11-23)37(34,35)32-16-5-4-7-20(32)2/h6,8-15,17,20H,4-5,7,16,18H2,1-3H3. The molecule has 1 aliphatic rings. The molecule has 0 N–H and O–H groups in total. The van der Waals surface area contributed by atoms with E-state index in [1.165, 1.54) is 23.5 Å². The number of aromatic nitrogens is 2. The van der Waals surface area contributed by atoms with E-state index in [0.29, 0.717) is 23.8 Å². The number of fused-ring (bicyclic) bond motifs is 1. The number of nitrogens with zero attached hydrogens (tertiary/aromatic N) is 4. The molecular weight excluding hydrogens is 504 g/mol. The van der Waals surface area contributed by atoms with Crippen molar-refractivity contribution in [3.63, 3.8) is 0 Å². The predicted octanol–water partition coefficient (Wildman–Crippen LogP) is 5.72. The summed E-state index contributed by atoms with van der Waals surface area (Å²) in [6.07, 6.45) is 6.20. The lowest BCUT2D eigenvalue weighted by molar-refractivity contribution is 0.0985. The van der Waals surface area contributed by atoms with E-state index in [0.717, 1.165) is 46.2 Å². The Morgan fingerprint density at radius 2 is 1.89 bits per heavy atom. The predicted molar refractivity (Wildman–Crippen MR) is 147 cm³/mol. The lowest BCUT2D eigenvalue weighted by Crippen LogP contribution is -2.41. The maximum absolute atomic E-state index is 13.8. The van der Waals surface area contributed by atoms with Gasteiger partial charge in [0.1, 0.15) is 0 Å². The number of pyridine rings is 1. The zero-order valence-electron chi connectivity index (χ0n) is 21.2. The Hall–Kier alpha value is -3.14. The summed E-state index contributed by atoms with van der Waals surface area (Å²) < 4.78 is 29.1. The molecule has 1 amide bonds. The second-order valence-corrected chi connectivity index (χ2v) is 12.5. The molecule has 1 saturated heterocycles. The molecule has 4 aromatic rings. The van der Waals surface area contributed by atoms with Crippen LogP contribution in [0.2, 0.25) is 0 Å². The van der Waals surface area contributed by atoms with Crippen molar-refractivity contribution in [2.75, 3.05) is 11.4 Å². The molecular formula is C28H30N4O3S2. The number of sulfonamides is 1. The minimum atomic E-state index is -3.61. The van der Waals surface area contributed by atoms with E-state index in [4.69, 9.17) is 4.98 Å². The number of piperidine rings is 1. The molecule has 1 aliphatic heterocycles. The number of anilines is 1. The number of rotatable bonds is 6. The van der Waals surface area contributed by atoms with Gasteiger partial charge in [-0.3, -0.25) is 14.7 Å². The van der Waals surface area contributed by atoms with Gasteiger partial charge in [0.25, 0.3) is 5.91 Å². The Bertz CT molecular complexity index is 1530. The zero-order chi connectivity index (χ0) is 26.2. The van der Waals surface area contributed by atoms with Crippen LogP contribution < -0.4 is 4.90 Å². The number of carbonyl (C=O) groups is 1. The fraction of sp³-hybridized carbons (Fsp3) is 0.321. The Kier molecular flexibility index (Phi) is 7.11. The van der Waals surface area contributed by atoms with Crippen LogP contribution in [0.1, 0.15) is 53.2 Å². The maximum Gasteiger partial charge on any atom is 0.260 e. The van der Waals surface area contributed by atoms with E-state index in [-0.39, 0.29) is 16.8 Å². The number of aryl methyl sites for hydroxylation is 2. The average molecular weight is 535 g/mol. The number of carbonyl (C=O) groups excluding carboxylic acids is 1. The van der Waals surface area contributed by atoms with Gasteiger partial charge < -0.3 is 0 Å². The first kappa shape index (κ1) is 25.5. The summed E-state index contributed by atoms with van der Waals surface area (Å²) in [5.41, 5.74) is 4.41. The molecule has 1 fully saturated rings. The smallest absolute Gasteiger partial charge is 0.260 e. The SMILES string of the molecule is Cc1ccc2sc(N(Cc3cccnc3)C(=O)c3ccc(S(=O)(=O)N4CCCCC4C)cc3)nc2c1C. The third-order valence-corrected chi connectivity index (χ3v) is 10.1. The molecule has 9 heteroatoms. The molecule has 3 heterocycles. The largest absolute Gasteiger partial charge is 0.279 e. The van der Waals surface area contributed by atoms with Crippen molar-refractivity contribution in [2.45, 2.75) is 57.5 Å². The van der Waals surface area contributed by atoms with Crippen molar-refractivity contribution in [1.82, 2.24) is 14.3 Å². The lowest BCUT2D eigenvalue weighted by Gasteiger charge is -2.32. The highest BCUT2D eigenvalue weighted by atomic mass is 32.2. The summed E-state index contributed by atoms with van der Waals surface area (Å²) in [5, 5.41) is 0.594.